The van der Waals surface area contributed by atoms with Gasteiger partial charge in [0, 0.05) is 31.2 Å². The molecule has 2 aromatic carbocycles. The molecule has 2 aliphatic heterocycles. The Balaban J connectivity index is 1.10. The fraction of sp³-hybridized carbons (Fsp3) is 0.519. The summed E-state index contributed by atoms with van der Waals surface area (Å²) in [5.74, 6) is 1.06. The van der Waals surface area contributed by atoms with E-state index in [1.54, 1.807) is 12.1 Å². The van der Waals surface area contributed by atoms with Crippen LogP contribution in [-0.2, 0) is 27.7 Å². The summed E-state index contributed by atoms with van der Waals surface area (Å²) in [5.41, 5.74) is 3.24. The van der Waals surface area contributed by atoms with E-state index in [2.05, 4.69) is 40.0 Å². The third-order valence-electron chi connectivity index (χ3n) is 7.77. The van der Waals surface area contributed by atoms with Crippen molar-refractivity contribution in [2.75, 3.05) is 37.6 Å². The van der Waals surface area contributed by atoms with Crippen LogP contribution in [0.5, 0.6) is 0 Å². The molecule has 5 rings (SSSR count). The molecule has 1 N–H and O–H groups in total. The van der Waals surface area contributed by atoms with Gasteiger partial charge >= 0.3 is 0 Å². The van der Waals surface area contributed by atoms with Gasteiger partial charge in [-0.15, -0.1) is 0 Å². The van der Waals surface area contributed by atoms with Gasteiger partial charge in [0.1, 0.15) is 0 Å². The minimum atomic E-state index is -3.56. The van der Waals surface area contributed by atoms with Crippen molar-refractivity contribution in [2.45, 2.75) is 49.8 Å². The Hall–Kier alpha value is -2.22. The smallest absolute Gasteiger partial charge is 0.240 e. The quantitative estimate of drug-likeness (QED) is 0.625. The molecule has 182 valence electrons. The number of hydrogen-bond acceptors (Lipinski definition) is 4. The molecule has 1 amide bonds. The number of anilines is 1. The van der Waals surface area contributed by atoms with Crippen molar-refractivity contribution in [3.8, 4) is 0 Å². The molecule has 34 heavy (non-hydrogen) atoms. The molecule has 6 nitrogen and oxygen atoms in total. The Morgan fingerprint density at radius 2 is 1.74 bits per heavy atom. The molecule has 1 saturated heterocycles. The van der Waals surface area contributed by atoms with Crippen LogP contribution in [0, 0.1) is 11.8 Å². The molecule has 7 heteroatoms. The number of nitrogens with zero attached hydrogens (tertiary/aromatic N) is 2. The zero-order chi connectivity index (χ0) is 23.5. The van der Waals surface area contributed by atoms with Gasteiger partial charge < -0.3 is 9.80 Å². The maximum atomic E-state index is 12.9. The van der Waals surface area contributed by atoms with Gasteiger partial charge in [-0.2, -0.15) is 0 Å². The minimum absolute atomic E-state index is 0.152. The summed E-state index contributed by atoms with van der Waals surface area (Å²) < 4.78 is 28.6. The van der Waals surface area contributed by atoms with Crippen molar-refractivity contribution in [2.24, 2.45) is 11.8 Å². The van der Waals surface area contributed by atoms with Crippen LogP contribution < -0.4 is 9.62 Å². The van der Waals surface area contributed by atoms with Crippen LogP contribution in [0.4, 0.5) is 5.69 Å². The Morgan fingerprint density at radius 3 is 2.44 bits per heavy atom. The zero-order valence-electron chi connectivity index (χ0n) is 19.8. The normalized spacial score (nSPS) is 19.7. The molecule has 2 heterocycles. The second-order valence-electron chi connectivity index (χ2n) is 10.0. The highest BCUT2D eigenvalue weighted by Crippen LogP contribution is 2.35. The standard InChI is InChI=1S/C27H35N3O3S/c31-27(23-7-4-8-23)30-17-13-24-20-25(9-10-26(24)30)34(32,33)28-14-18-29-15-11-22(12-16-29)19-21-5-2-1-3-6-21/h1-3,5-6,9-10,20,22-23,28H,4,7-8,11-19H2. The number of benzene rings is 2. The molecule has 0 unspecified atom stereocenters. The lowest BCUT2D eigenvalue weighted by molar-refractivity contribution is -0.124. The van der Waals surface area contributed by atoms with E-state index in [1.807, 2.05) is 11.0 Å². The van der Waals surface area contributed by atoms with E-state index >= 15 is 0 Å². The minimum Gasteiger partial charge on any atom is -0.312 e. The zero-order valence-corrected chi connectivity index (χ0v) is 20.6. The first-order valence-corrected chi connectivity index (χ1v) is 14.2. The monoisotopic (exact) mass is 481 g/mol. The first-order valence-electron chi connectivity index (χ1n) is 12.7. The van der Waals surface area contributed by atoms with Crippen LogP contribution in [0.3, 0.4) is 0 Å². The summed E-state index contributed by atoms with van der Waals surface area (Å²) in [6, 6.07) is 15.9. The molecule has 0 aromatic heterocycles. The van der Waals surface area contributed by atoms with Gasteiger partial charge in [0.15, 0.2) is 0 Å². The van der Waals surface area contributed by atoms with Crippen LogP contribution in [0.2, 0.25) is 0 Å². The maximum absolute atomic E-state index is 12.9. The van der Waals surface area contributed by atoms with Crippen molar-refractivity contribution in [3.05, 3.63) is 59.7 Å². The molecule has 1 saturated carbocycles. The fourth-order valence-electron chi connectivity index (χ4n) is 5.43. The fourth-order valence-corrected chi connectivity index (χ4v) is 6.50. The number of rotatable bonds is 8. The predicted octanol–water partition coefficient (Wildman–Crippen LogP) is 3.61. The number of fused-ring (bicyclic) bond motifs is 1. The largest absolute Gasteiger partial charge is 0.312 e. The van der Waals surface area contributed by atoms with E-state index < -0.39 is 10.0 Å². The lowest BCUT2D eigenvalue weighted by Gasteiger charge is -2.32. The number of piperidine rings is 1. The predicted molar refractivity (Wildman–Crippen MR) is 134 cm³/mol. The molecular weight excluding hydrogens is 446 g/mol. The molecular formula is C27H35N3O3S. The van der Waals surface area contributed by atoms with Crippen molar-refractivity contribution in [3.63, 3.8) is 0 Å². The Kier molecular flexibility index (Phi) is 7.04. The van der Waals surface area contributed by atoms with Gasteiger partial charge in [-0.05, 0) is 86.9 Å². The topological polar surface area (TPSA) is 69.7 Å². The average molecular weight is 482 g/mol. The molecule has 0 spiro atoms. The molecule has 2 aromatic rings. The van der Waals surface area contributed by atoms with Crippen molar-refractivity contribution in [1.29, 1.82) is 0 Å². The third kappa shape index (κ3) is 5.21. The van der Waals surface area contributed by atoms with Crippen LogP contribution in [0.1, 0.15) is 43.2 Å². The summed E-state index contributed by atoms with van der Waals surface area (Å²) in [5, 5.41) is 0. The van der Waals surface area contributed by atoms with E-state index in [0.29, 0.717) is 23.9 Å². The Morgan fingerprint density at radius 1 is 0.971 bits per heavy atom. The highest BCUT2D eigenvalue weighted by Gasteiger charge is 2.34. The lowest BCUT2D eigenvalue weighted by Crippen LogP contribution is -2.40. The molecule has 3 aliphatic rings. The third-order valence-corrected chi connectivity index (χ3v) is 9.23. The van der Waals surface area contributed by atoms with Gasteiger partial charge in [0.2, 0.25) is 15.9 Å². The van der Waals surface area contributed by atoms with E-state index in [-0.39, 0.29) is 11.8 Å². The van der Waals surface area contributed by atoms with E-state index in [9.17, 15) is 13.2 Å². The van der Waals surface area contributed by atoms with Crippen LogP contribution in [-0.4, -0.2) is 51.9 Å². The van der Waals surface area contributed by atoms with Crippen LogP contribution in [0.25, 0.3) is 0 Å². The first kappa shape index (κ1) is 23.5. The average Bonchev–Trinajstić information content (AvgIpc) is 3.23. The number of carbonyl (C=O) groups is 1. The van der Waals surface area contributed by atoms with E-state index in [4.69, 9.17) is 0 Å². The van der Waals surface area contributed by atoms with E-state index in [1.165, 1.54) is 5.56 Å². The summed E-state index contributed by atoms with van der Waals surface area (Å²) in [6.45, 7) is 3.83. The van der Waals surface area contributed by atoms with E-state index in [0.717, 1.165) is 75.8 Å². The molecule has 0 atom stereocenters. The van der Waals surface area contributed by atoms with Gasteiger partial charge in [-0.3, -0.25) is 4.79 Å². The van der Waals surface area contributed by atoms with Crippen LogP contribution in [0.15, 0.2) is 53.4 Å². The number of carbonyl (C=O) groups excluding carboxylic acids is 1. The highest BCUT2D eigenvalue weighted by atomic mass is 32.2. The number of hydrogen-bond donors (Lipinski definition) is 1. The van der Waals surface area contributed by atoms with Gasteiger partial charge in [-0.25, -0.2) is 13.1 Å². The van der Waals surface area contributed by atoms with Crippen LogP contribution >= 0.6 is 0 Å². The second kappa shape index (κ2) is 10.2. The second-order valence-corrected chi connectivity index (χ2v) is 11.8. The number of amides is 1. The summed E-state index contributed by atoms with van der Waals surface area (Å²) in [4.78, 5) is 17.2. The molecule has 0 radical (unpaired) electrons. The lowest BCUT2D eigenvalue weighted by atomic mass is 9.84. The number of sulfonamides is 1. The molecule has 1 aliphatic carbocycles. The first-order chi connectivity index (χ1) is 16.5. The summed E-state index contributed by atoms with van der Waals surface area (Å²) in [7, 11) is -3.56. The number of likely N-dealkylation sites (tertiary alicyclic amines) is 1. The van der Waals surface area contributed by atoms with Crippen molar-refractivity contribution >= 4 is 21.6 Å². The maximum Gasteiger partial charge on any atom is 0.240 e. The molecule has 0 bridgehead atoms. The molecule has 2 fully saturated rings. The Labute approximate surface area is 203 Å². The SMILES string of the molecule is O=C(C1CCC1)N1CCc2cc(S(=O)(=O)NCCN3CCC(Cc4ccccc4)CC3)ccc21. The Bertz CT molecular complexity index is 1110. The van der Waals surface area contributed by atoms with Gasteiger partial charge in [0.05, 0.1) is 4.90 Å². The highest BCUT2D eigenvalue weighted by molar-refractivity contribution is 7.89. The van der Waals surface area contributed by atoms with Gasteiger partial charge in [-0.1, -0.05) is 36.8 Å². The van der Waals surface area contributed by atoms with Crippen molar-refractivity contribution < 1.29 is 13.2 Å². The van der Waals surface area contributed by atoms with Gasteiger partial charge in [0.25, 0.3) is 0 Å². The van der Waals surface area contributed by atoms with Crippen molar-refractivity contribution in [1.82, 2.24) is 9.62 Å². The summed E-state index contributed by atoms with van der Waals surface area (Å²) in [6.07, 6.45) is 7.24. The number of nitrogens with one attached hydrogen (secondary N) is 1. The summed E-state index contributed by atoms with van der Waals surface area (Å²) >= 11 is 0.